The first-order valence-electron chi connectivity index (χ1n) is 10.2. The van der Waals surface area contributed by atoms with Crippen molar-refractivity contribution in [3.8, 4) is 5.75 Å². The fourth-order valence-corrected chi connectivity index (χ4v) is 4.43. The predicted molar refractivity (Wildman–Crippen MR) is 118 cm³/mol. The SMILES string of the molecule is CC1CCCN(CCCOc2ccc(C=NN=C3NC(=O)C(CC(=O)O)S3)cc2)C1. The third-order valence-corrected chi connectivity index (χ3v) is 6.07. The van der Waals surface area contributed by atoms with Crippen molar-refractivity contribution in [2.75, 3.05) is 26.2 Å². The molecule has 2 saturated heterocycles. The summed E-state index contributed by atoms with van der Waals surface area (Å²) in [7, 11) is 0. The molecule has 2 fully saturated rings. The highest BCUT2D eigenvalue weighted by atomic mass is 32.2. The molecule has 1 aromatic rings. The van der Waals surface area contributed by atoms with E-state index in [4.69, 9.17) is 9.84 Å². The minimum Gasteiger partial charge on any atom is -0.494 e. The summed E-state index contributed by atoms with van der Waals surface area (Å²) >= 11 is 1.08. The smallest absolute Gasteiger partial charge is 0.305 e. The summed E-state index contributed by atoms with van der Waals surface area (Å²) in [6, 6.07) is 7.57. The first-order chi connectivity index (χ1) is 14.5. The van der Waals surface area contributed by atoms with Crippen LogP contribution in [0.25, 0.3) is 0 Å². The van der Waals surface area contributed by atoms with Crippen molar-refractivity contribution < 1.29 is 19.4 Å². The molecule has 1 amide bonds. The molecule has 0 saturated carbocycles. The van der Waals surface area contributed by atoms with Crippen molar-refractivity contribution in [1.29, 1.82) is 0 Å². The Balaban J connectivity index is 1.39. The van der Waals surface area contributed by atoms with Crippen LogP contribution in [0.5, 0.6) is 5.75 Å². The Morgan fingerprint density at radius 1 is 1.40 bits per heavy atom. The maximum absolute atomic E-state index is 11.7. The average molecular weight is 433 g/mol. The van der Waals surface area contributed by atoms with E-state index in [2.05, 4.69) is 27.3 Å². The number of hydrogen-bond acceptors (Lipinski definition) is 7. The van der Waals surface area contributed by atoms with Gasteiger partial charge in [-0.2, -0.15) is 5.10 Å². The molecule has 0 radical (unpaired) electrons. The van der Waals surface area contributed by atoms with Gasteiger partial charge in [-0.05, 0) is 61.6 Å². The number of thioether (sulfide) groups is 1. The summed E-state index contributed by atoms with van der Waals surface area (Å²) in [6.45, 7) is 6.49. The van der Waals surface area contributed by atoms with Crippen LogP contribution in [-0.2, 0) is 9.59 Å². The van der Waals surface area contributed by atoms with Crippen LogP contribution in [-0.4, -0.2) is 64.8 Å². The lowest BCUT2D eigenvalue weighted by atomic mass is 10.0. The number of rotatable bonds is 9. The second-order valence-electron chi connectivity index (χ2n) is 7.66. The molecule has 0 aliphatic carbocycles. The van der Waals surface area contributed by atoms with Gasteiger partial charge in [0.1, 0.15) is 11.0 Å². The number of carbonyl (C=O) groups is 2. The molecule has 2 N–H and O–H groups in total. The molecule has 2 aliphatic rings. The average Bonchev–Trinajstić information content (AvgIpc) is 3.05. The van der Waals surface area contributed by atoms with E-state index in [9.17, 15) is 9.59 Å². The molecular weight excluding hydrogens is 404 g/mol. The first-order valence-corrected chi connectivity index (χ1v) is 11.1. The minimum absolute atomic E-state index is 0.238. The molecule has 2 aliphatic heterocycles. The quantitative estimate of drug-likeness (QED) is 0.353. The van der Waals surface area contributed by atoms with E-state index in [0.717, 1.165) is 42.0 Å². The van der Waals surface area contributed by atoms with Gasteiger partial charge in [-0.15, -0.1) is 5.10 Å². The number of amides is 1. The highest BCUT2D eigenvalue weighted by Gasteiger charge is 2.32. The standard InChI is InChI=1S/C21H28N4O4S/c1-15-4-2-9-25(14-15)10-3-11-29-17-7-5-16(6-8-17)13-22-24-21-23-20(28)18(30-21)12-19(26)27/h5-8,13,15,18H,2-4,9-12,14H2,1H3,(H,26,27)(H,23,24,28). The number of ether oxygens (including phenoxy) is 1. The zero-order valence-corrected chi connectivity index (χ0v) is 17.9. The van der Waals surface area contributed by atoms with Crippen LogP contribution in [0.3, 0.4) is 0 Å². The summed E-state index contributed by atoms with van der Waals surface area (Å²) in [5.41, 5.74) is 0.852. The minimum atomic E-state index is -1.02. The summed E-state index contributed by atoms with van der Waals surface area (Å²) in [4.78, 5) is 24.9. The third kappa shape index (κ3) is 7.14. The molecule has 162 valence electrons. The van der Waals surface area contributed by atoms with Gasteiger partial charge in [0, 0.05) is 13.1 Å². The third-order valence-electron chi connectivity index (χ3n) is 5.00. The van der Waals surface area contributed by atoms with Crippen molar-refractivity contribution in [1.82, 2.24) is 10.2 Å². The number of hydrogen-bond donors (Lipinski definition) is 2. The van der Waals surface area contributed by atoms with Crippen LogP contribution in [0, 0.1) is 5.92 Å². The Hall–Kier alpha value is -2.39. The van der Waals surface area contributed by atoms with E-state index in [1.807, 2.05) is 24.3 Å². The van der Waals surface area contributed by atoms with E-state index in [1.54, 1.807) is 6.21 Å². The Labute approximate surface area is 180 Å². The van der Waals surface area contributed by atoms with Crippen LogP contribution >= 0.6 is 11.8 Å². The Kier molecular flexibility index (Phi) is 8.27. The molecule has 8 nitrogen and oxygen atoms in total. The van der Waals surface area contributed by atoms with E-state index >= 15 is 0 Å². The van der Waals surface area contributed by atoms with Crippen LogP contribution in [0.1, 0.15) is 38.2 Å². The number of likely N-dealkylation sites (tertiary alicyclic amines) is 1. The van der Waals surface area contributed by atoms with Gasteiger partial charge < -0.3 is 20.1 Å². The molecule has 3 rings (SSSR count). The summed E-state index contributed by atoms with van der Waals surface area (Å²) < 4.78 is 5.82. The molecular formula is C21H28N4O4S. The van der Waals surface area contributed by atoms with E-state index in [0.29, 0.717) is 11.8 Å². The van der Waals surface area contributed by atoms with Gasteiger partial charge >= 0.3 is 5.97 Å². The van der Waals surface area contributed by atoms with Gasteiger partial charge in [0.2, 0.25) is 5.91 Å². The van der Waals surface area contributed by atoms with Gasteiger partial charge in [-0.25, -0.2) is 0 Å². The predicted octanol–water partition coefficient (Wildman–Crippen LogP) is 2.58. The lowest BCUT2D eigenvalue weighted by Gasteiger charge is -2.30. The van der Waals surface area contributed by atoms with Gasteiger partial charge in [0.25, 0.3) is 0 Å². The number of carboxylic acid groups (broad SMARTS) is 1. The van der Waals surface area contributed by atoms with Crippen LogP contribution in [0.4, 0.5) is 0 Å². The zero-order chi connectivity index (χ0) is 21.3. The van der Waals surface area contributed by atoms with E-state index < -0.39 is 11.2 Å². The number of amidine groups is 1. The number of nitrogens with zero attached hydrogens (tertiary/aromatic N) is 3. The molecule has 9 heteroatoms. The van der Waals surface area contributed by atoms with Crippen LogP contribution < -0.4 is 10.1 Å². The Bertz CT molecular complexity index is 797. The van der Waals surface area contributed by atoms with Crippen molar-refractivity contribution in [3.63, 3.8) is 0 Å². The second-order valence-corrected chi connectivity index (χ2v) is 8.85. The molecule has 0 spiro atoms. The molecule has 2 atom stereocenters. The van der Waals surface area contributed by atoms with E-state index in [-0.39, 0.29) is 12.3 Å². The lowest BCUT2D eigenvalue weighted by Crippen LogP contribution is -2.35. The van der Waals surface area contributed by atoms with Crippen LogP contribution in [0.2, 0.25) is 0 Å². The van der Waals surface area contributed by atoms with Gasteiger partial charge in [-0.3, -0.25) is 9.59 Å². The number of benzene rings is 1. The second kappa shape index (κ2) is 11.1. The number of carboxylic acids is 1. The van der Waals surface area contributed by atoms with Crippen molar-refractivity contribution in [3.05, 3.63) is 29.8 Å². The maximum Gasteiger partial charge on any atom is 0.305 e. The number of aliphatic carboxylic acids is 1. The topological polar surface area (TPSA) is 104 Å². The van der Waals surface area contributed by atoms with E-state index in [1.165, 1.54) is 25.9 Å². The van der Waals surface area contributed by atoms with Crippen molar-refractivity contribution in [2.45, 2.75) is 37.9 Å². The molecule has 1 aromatic carbocycles. The fraction of sp³-hybridized carbons (Fsp3) is 0.524. The lowest BCUT2D eigenvalue weighted by molar-refractivity contribution is -0.138. The summed E-state index contributed by atoms with van der Waals surface area (Å²) in [5, 5.41) is 18.9. The van der Waals surface area contributed by atoms with Gasteiger partial charge in [0.15, 0.2) is 5.17 Å². The molecule has 2 heterocycles. The highest BCUT2D eigenvalue weighted by molar-refractivity contribution is 8.15. The van der Waals surface area contributed by atoms with Crippen molar-refractivity contribution >= 4 is 35.0 Å². The first kappa shape index (κ1) is 22.3. The molecule has 30 heavy (non-hydrogen) atoms. The largest absolute Gasteiger partial charge is 0.494 e. The van der Waals surface area contributed by atoms with Crippen molar-refractivity contribution in [2.24, 2.45) is 16.1 Å². The highest BCUT2D eigenvalue weighted by Crippen LogP contribution is 2.22. The molecule has 0 bridgehead atoms. The fourth-order valence-electron chi connectivity index (χ4n) is 3.51. The monoisotopic (exact) mass is 432 g/mol. The maximum atomic E-state index is 11.7. The number of nitrogens with one attached hydrogen (secondary N) is 1. The number of carbonyl (C=O) groups excluding carboxylic acids is 1. The summed E-state index contributed by atoms with van der Waals surface area (Å²) in [5.74, 6) is 0.248. The normalized spacial score (nSPS) is 23.8. The summed E-state index contributed by atoms with van der Waals surface area (Å²) in [6.07, 6.45) is 4.99. The van der Waals surface area contributed by atoms with Gasteiger partial charge in [-0.1, -0.05) is 18.7 Å². The Morgan fingerprint density at radius 2 is 2.20 bits per heavy atom. The number of piperidine rings is 1. The van der Waals surface area contributed by atoms with Crippen LogP contribution in [0.15, 0.2) is 34.5 Å². The Morgan fingerprint density at radius 3 is 2.93 bits per heavy atom. The molecule has 0 aromatic heterocycles. The molecule has 2 unspecified atom stereocenters. The zero-order valence-electron chi connectivity index (χ0n) is 17.1. The van der Waals surface area contributed by atoms with Gasteiger partial charge in [0.05, 0.1) is 19.2 Å².